The van der Waals surface area contributed by atoms with Crippen LogP contribution in [0.1, 0.15) is 34.5 Å². The molecule has 3 aliphatic heterocycles. The average Bonchev–Trinajstić information content (AvgIpc) is 2.87. The second-order valence-corrected chi connectivity index (χ2v) is 8.41. The molecule has 6 rings (SSSR count). The van der Waals surface area contributed by atoms with Crippen LogP contribution in [0.3, 0.4) is 0 Å². The monoisotopic (exact) mass is 392 g/mol. The molecule has 3 saturated heterocycles. The maximum atomic E-state index is 14.9. The lowest BCUT2D eigenvalue weighted by Crippen LogP contribution is -2.44. The van der Waals surface area contributed by atoms with Gasteiger partial charge in [-0.15, -0.1) is 0 Å². The average molecular weight is 392 g/mol. The summed E-state index contributed by atoms with van der Waals surface area (Å²) in [5.74, 6) is -0.436. The fourth-order valence-corrected chi connectivity index (χ4v) is 4.76. The summed E-state index contributed by atoms with van der Waals surface area (Å²) in [6.45, 7) is 5.12. The van der Waals surface area contributed by atoms with Gasteiger partial charge in [0, 0.05) is 38.4 Å². The minimum Gasteiger partial charge on any atom is -0.335 e. The summed E-state index contributed by atoms with van der Waals surface area (Å²) in [6, 6.07) is 14.4. The van der Waals surface area contributed by atoms with Crippen molar-refractivity contribution in [3.05, 3.63) is 71.4 Å². The molecule has 0 saturated carbocycles. The summed E-state index contributed by atoms with van der Waals surface area (Å²) < 4.78 is 16.2. The first-order chi connectivity index (χ1) is 14.1. The molecular weight excluding hydrogens is 367 g/mol. The van der Waals surface area contributed by atoms with E-state index >= 15 is 0 Å². The van der Waals surface area contributed by atoms with Crippen LogP contribution in [0.4, 0.5) is 4.39 Å². The van der Waals surface area contributed by atoms with Crippen LogP contribution in [0.5, 0.6) is 0 Å². The number of benzene rings is 1. The van der Waals surface area contributed by atoms with E-state index in [-0.39, 0.29) is 11.6 Å². The van der Waals surface area contributed by atoms with E-state index in [2.05, 4.69) is 34.1 Å². The quantitative estimate of drug-likeness (QED) is 0.685. The summed E-state index contributed by atoms with van der Waals surface area (Å²) in [5, 5.41) is 0. The summed E-state index contributed by atoms with van der Waals surface area (Å²) >= 11 is 0. The molecule has 5 heterocycles. The van der Waals surface area contributed by atoms with Crippen LogP contribution < -0.4 is 0 Å². The van der Waals surface area contributed by atoms with Crippen molar-refractivity contribution in [2.75, 3.05) is 19.6 Å². The van der Waals surface area contributed by atoms with E-state index in [0.29, 0.717) is 30.7 Å². The number of imidazole rings is 1. The number of carbonyl (C=O) groups excluding carboxylic acids is 1. The number of piperidine rings is 1. The van der Waals surface area contributed by atoms with E-state index in [1.807, 2.05) is 24.0 Å². The van der Waals surface area contributed by atoms with E-state index in [0.717, 1.165) is 31.5 Å². The molecule has 29 heavy (non-hydrogen) atoms. The van der Waals surface area contributed by atoms with Gasteiger partial charge in [0.2, 0.25) is 5.95 Å². The molecule has 2 aromatic heterocycles. The Bertz CT molecular complexity index is 1050. The van der Waals surface area contributed by atoms with Crippen LogP contribution in [-0.2, 0) is 6.54 Å². The van der Waals surface area contributed by atoms with Crippen molar-refractivity contribution in [3.63, 3.8) is 0 Å². The lowest BCUT2D eigenvalue weighted by atomic mass is 9.94. The number of nitrogens with zero attached hydrogens (tertiary/aromatic N) is 4. The third kappa shape index (κ3) is 3.42. The van der Waals surface area contributed by atoms with Crippen molar-refractivity contribution in [2.24, 2.45) is 5.92 Å². The van der Waals surface area contributed by atoms with E-state index in [9.17, 15) is 9.18 Å². The molecule has 150 valence electrons. The smallest absolute Gasteiger partial charge is 0.277 e. The number of pyridine rings is 1. The molecule has 3 aromatic rings. The van der Waals surface area contributed by atoms with Gasteiger partial charge in [-0.2, -0.15) is 4.39 Å². The lowest BCUT2D eigenvalue weighted by molar-refractivity contribution is 0.0725. The standard InChI is InChI=1S/C23H25FN4O/c1-16-9-10-28-20(11-16)25-21(22(28)24)23(29)27-14-18-7-8-19(15-27)26(13-18)12-17-5-3-2-4-6-17/h2-6,9-11,18-19H,7-8,12-15H2,1H3/t18-,19-/m1/s1. The highest BCUT2D eigenvalue weighted by molar-refractivity contribution is 5.93. The maximum Gasteiger partial charge on any atom is 0.277 e. The van der Waals surface area contributed by atoms with Crippen molar-refractivity contribution >= 4 is 11.6 Å². The zero-order valence-electron chi connectivity index (χ0n) is 16.6. The fourth-order valence-electron chi connectivity index (χ4n) is 4.76. The van der Waals surface area contributed by atoms with Gasteiger partial charge in [-0.1, -0.05) is 30.3 Å². The highest BCUT2D eigenvalue weighted by atomic mass is 19.1. The van der Waals surface area contributed by atoms with Crippen LogP contribution in [0.2, 0.25) is 0 Å². The molecule has 3 fully saturated rings. The molecule has 1 aromatic carbocycles. The van der Waals surface area contributed by atoms with Crippen LogP contribution in [0.15, 0.2) is 48.7 Å². The maximum absolute atomic E-state index is 14.9. The predicted molar refractivity (Wildman–Crippen MR) is 109 cm³/mol. The summed E-state index contributed by atoms with van der Waals surface area (Å²) in [7, 11) is 0. The van der Waals surface area contributed by atoms with Crippen LogP contribution in [0, 0.1) is 18.8 Å². The predicted octanol–water partition coefficient (Wildman–Crippen LogP) is 3.52. The van der Waals surface area contributed by atoms with Gasteiger partial charge in [0.1, 0.15) is 5.65 Å². The van der Waals surface area contributed by atoms with Crippen molar-refractivity contribution in [1.82, 2.24) is 19.2 Å². The zero-order chi connectivity index (χ0) is 20.0. The SMILES string of the molecule is Cc1ccn2c(F)c(C(=O)N3C[C@@H]4CC[C@H](C3)N(Cc3ccccc3)C4)nc2c1. The van der Waals surface area contributed by atoms with Crippen molar-refractivity contribution in [1.29, 1.82) is 0 Å². The molecule has 2 atom stereocenters. The summed E-state index contributed by atoms with van der Waals surface area (Å²) in [6.07, 6.45) is 3.83. The number of hydrogen-bond donors (Lipinski definition) is 0. The molecule has 0 unspecified atom stereocenters. The lowest BCUT2D eigenvalue weighted by Gasteiger charge is -2.36. The Hall–Kier alpha value is -2.73. The molecule has 5 nitrogen and oxygen atoms in total. The number of aromatic nitrogens is 2. The molecule has 0 radical (unpaired) electrons. The Balaban J connectivity index is 1.38. The van der Waals surface area contributed by atoms with Crippen molar-refractivity contribution < 1.29 is 9.18 Å². The molecule has 0 spiro atoms. The normalized spacial score (nSPS) is 22.2. The van der Waals surface area contributed by atoms with E-state index in [4.69, 9.17) is 0 Å². The first-order valence-electron chi connectivity index (χ1n) is 10.3. The Morgan fingerprint density at radius 2 is 1.97 bits per heavy atom. The van der Waals surface area contributed by atoms with Crippen LogP contribution in [-0.4, -0.2) is 50.8 Å². The number of halogens is 1. The van der Waals surface area contributed by atoms with E-state index in [1.54, 1.807) is 12.3 Å². The van der Waals surface area contributed by atoms with Gasteiger partial charge in [0.25, 0.3) is 5.91 Å². The molecule has 1 amide bonds. The zero-order valence-corrected chi connectivity index (χ0v) is 16.6. The summed E-state index contributed by atoms with van der Waals surface area (Å²) in [4.78, 5) is 21.8. The highest BCUT2D eigenvalue weighted by Gasteiger charge is 2.37. The van der Waals surface area contributed by atoms with Gasteiger partial charge in [0.15, 0.2) is 5.69 Å². The summed E-state index contributed by atoms with van der Waals surface area (Å²) in [5.41, 5.74) is 2.70. The van der Waals surface area contributed by atoms with Crippen LogP contribution in [0.25, 0.3) is 5.65 Å². The number of carbonyl (C=O) groups is 1. The molecule has 3 aliphatic rings. The van der Waals surface area contributed by atoms with Crippen LogP contribution >= 0.6 is 0 Å². The van der Waals surface area contributed by atoms with Gasteiger partial charge in [-0.3, -0.25) is 14.1 Å². The Kier molecular flexibility index (Phi) is 4.59. The largest absolute Gasteiger partial charge is 0.335 e. The highest BCUT2D eigenvalue weighted by Crippen LogP contribution is 2.30. The minimum atomic E-state index is -0.567. The van der Waals surface area contributed by atoms with Gasteiger partial charge >= 0.3 is 0 Å². The first kappa shape index (κ1) is 18.3. The Morgan fingerprint density at radius 1 is 1.14 bits per heavy atom. The number of fused-ring (bicyclic) bond motifs is 5. The van der Waals surface area contributed by atoms with Gasteiger partial charge in [-0.25, -0.2) is 4.98 Å². The second-order valence-electron chi connectivity index (χ2n) is 8.41. The fraction of sp³-hybridized carbons (Fsp3) is 0.391. The number of rotatable bonds is 3. The Labute approximate surface area is 169 Å². The van der Waals surface area contributed by atoms with E-state index < -0.39 is 5.95 Å². The molecule has 0 N–H and O–H groups in total. The molecule has 6 heteroatoms. The van der Waals surface area contributed by atoms with Crippen molar-refractivity contribution in [2.45, 2.75) is 32.4 Å². The third-order valence-corrected chi connectivity index (χ3v) is 6.27. The topological polar surface area (TPSA) is 40.9 Å². The van der Waals surface area contributed by atoms with Gasteiger partial charge in [0.05, 0.1) is 0 Å². The number of amides is 1. The number of hydrogen-bond acceptors (Lipinski definition) is 3. The molecule has 2 bridgehead atoms. The second kappa shape index (κ2) is 7.26. The third-order valence-electron chi connectivity index (χ3n) is 6.27. The van der Waals surface area contributed by atoms with Gasteiger partial charge in [-0.05, 0) is 48.9 Å². The van der Waals surface area contributed by atoms with E-state index in [1.165, 1.54) is 9.96 Å². The molecule has 0 aliphatic carbocycles. The molecular formula is C23H25FN4O. The van der Waals surface area contributed by atoms with Crippen molar-refractivity contribution in [3.8, 4) is 0 Å². The Morgan fingerprint density at radius 3 is 2.79 bits per heavy atom. The van der Waals surface area contributed by atoms with Gasteiger partial charge < -0.3 is 4.90 Å². The number of aryl methyl sites for hydroxylation is 1. The first-order valence-corrected chi connectivity index (χ1v) is 10.3. The minimum absolute atomic E-state index is 0.0634.